The van der Waals surface area contributed by atoms with Gasteiger partial charge in [-0.2, -0.15) is 0 Å². The maximum Gasteiger partial charge on any atom is 0.314 e. The predicted molar refractivity (Wildman–Crippen MR) is 65.5 cm³/mol. The molecule has 5 heteroatoms. The number of hydrogen-bond donors (Lipinski definition) is 1. The smallest absolute Gasteiger partial charge is 0.314 e. The van der Waals surface area contributed by atoms with E-state index in [0.717, 1.165) is 17.5 Å². The van der Waals surface area contributed by atoms with Crippen LogP contribution in [0.4, 0.5) is 0 Å². The zero-order valence-corrected chi connectivity index (χ0v) is 10.7. The van der Waals surface area contributed by atoms with E-state index in [0.29, 0.717) is 29.4 Å². The number of aliphatic carboxylic acids is 1. The van der Waals surface area contributed by atoms with Crippen molar-refractivity contribution in [3.05, 3.63) is 22.2 Å². The van der Waals surface area contributed by atoms with Gasteiger partial charge in [-0.3, -0.25) is 4.79 Å². The molecule has 96 valence electrons. The van der Waals surface area contributed by atoms with E-state index in [9.17, 15) is 9.90 Å². The third-order valence-electron chi connectivity index (χ3n) is 3.98. The molecule has 0 atom stereocenters. The van der Waals surface area contributed by atoms with Gasteiger partial charge in [-0.05, 0) is 37.0 Å². The first-order valence-electron chi connectivity index (χ1n) is 5.89. The summed E-state index contributed by atoms with van der Waals surface area (Å²) in [4.78, 5) is 11.6. The second-order valence-electron chi connectivity index (χ2n) is 4.84. The number of ether oxygens (including phenoxy) is 2. The summed E-state index contributed by atoms with van der Waals surface area (Å²) < 4.78 is 10.6. The van der Waals surface area contributed by atoms with Gasteiger partial charge in [-0.1, -0.05) is 18.0 Å². The fourth-order valence-corrected chi connectivity index (χ4v) is 2.97. The highest BCUT2D eigenvalue weighted by molar-refractivity contribution is 6.33. The monoisotopic (exact) mass is 268 g/mol. The third kappa shape index (κ3) is 1.35. The summed E-state index contributed by atoms with van der Waals surface area (Å²) in [5.41, 5.74) is 0.743. The summed E-state index contributed by atoms with van der Waals surface area (Å²) >= 11 is 6.24. The van der Waals surface area contributed by atoms with Gasteiger partial charge in [0.05, 0.1) is 10.4 Å². The maximum absolute atomic E-state index is 11.6. The van der Waals surface area contributed by atoms with Crippen LogP contribution in [0.2, 0.25) is 5.02 Å². The number of fused-ring (bicyclic) bond motifs is 1. The van der Waals surface area contributed by atoms with Crippen molar-refractivity contribution in [3.8, 4) is 11.5 Å². The summed E-state index contributed by atoms with van der Waals surface area (Å²) in [7, 11) is 0. The molecule has 1 fully saturated rings. The third-order valence-corrected chi connectivity index (χ3v) is 4.44. The Morgan fingerprint density at radius 1 is 1.44 bits per heavy atom. The molecular formula is C13H13ClO4. The van der Waals surface area contributed by atoms with Crippen LogP contribution >= 0.6 is 11.6 Å². The van der Waals surface area contributed by atoms with Crippen molar-refractivity contribution in [1.82, 2.24) is 0 Å². The van der Waals surface area contributed by atoms with E-state index in [2.05, 4.69) is 0 Å². The molecule has 0 radical (unpaired) electrons. The zero-order valence-electron chi connectivity index (χ0n) is 9.96. The quantitative estimate of drug-likeness (QED) is 0.896. The molecule has 0 bridgehead atoms. The fraction of sp³-hybridized carbons (Fsp3) is 0.462. The summed E-state index contributed by atoms with van der Waals surface area (Å²) in [5.74, 6) is 0.290. The van der Waals surface area contributed by atoms with Crippen LogP contribution in [-0.4, -0.2) is 17.9 Å². The molecule has 0 unspecified atom stereocenters. The summed E-state index contributed by atoms with van der Waals surface area (Å²) in [6.07, 6.45) is 2.23. The molecule has 4 nitrogen and oxygen atoms in total. The molecule has 2 aliphatic rings. The van der Waals surface area contributed by atoms with E-state index in [-0.39, 0.29) is 6.79 Å². The number of benzene rings is 1. The second kappa shape index (κ2) is 3.79. The molecular weight excluding hydrogens is 256 g/mol. The lowest BCUT2D eigenvalue weighted by Crippen LogP contribution is -2.42. The first-order valence-corrected chi connectivity index (χ1v) is 6.26. The number of carbonyl (C=O) groups is 1. The maximum atomic E-state index is 11.6. The van der Waals surface area contributed by atoms with Gasteiger partial charge in [0.1, 0.15) is 0 Å². The van der Waals surface area contributed by atoms with Gasteiger partial charge in [-0.25, -0.2) is 0 Å². The highest BCUT2D eigenvalue weighted by Crippen LogP contribution is 2.51. The molecule has 0 amide bonds. The first-order chi connectivity index (χ1) is 8.56. The number of carboxylic acid groups (broad SMARTS) is 1. The standard InChI is InChI=1S/C13H13ClO4/c1-7-8(13(12(15)16)3-2-4-13)5-9-11(10(7)14)18-6-17-9/h5H,2-4,6H2,1H3,(H,15,16). The van der Waals surface area contributed by atoms with Crippen molar-refractivity contribution in [3.63, 3.8) is 0 Å². The van der Waals surface area contributed by atoms with Crippen molar-refractivity contribution in [2.45, 2.75) is 31.6 Å². The van der Waals surface area contributed by atoms with Crippen LogP contribution in [0.25, 0.3) is 0 Å². The second-order valence-corrected chi connectivity index (χ2v) is 5.22. The molecule has 0 saturated heterocycles. The Labute approximate surface area is 109 Å². The van der Waals surface area contributed by atoms with Crippen LogP contribution in [0.1, 0.15) is 30.4 Å². The molecule has 0 aromatic heterocycles. The molecule has 1 saturated carbocycles. The van der Waals surface area contributed by atoms with Gasteiger partial charge in [0, 0.05) is 0 Å². The van der Waals surface area contributed by atoms with Crippen molar-refractivity contribution in [2.24, 2.45) is 0 Å². The van der Waals surface area contributed by atoms with Crippen molar-refractivity contribution in [1.29, 1.82) is 0 Å². The van der Waals surface area contributed by atoms with Gasteiger partial charge in [0.2, 0.25) is 6.79 Å². The molecule has 0 spiro atoms. The number of carboxylic acids is 1. The lowest BCUT2D eigenvalue weighted by atomic mass is 9.63. The minimum absolute atomic E-state index is 0.137. The van der Waals surface area contributed by atoms with Crippen LogP contribution in [0, 0.1) is 6.92 Å². The Hall–Kier alpha value is -1.42. The molecule has 1 aliphatic carbocycles. The van der Waals surface area contributed by atoms with Crippen LogP contribution < -0.4 is 9.47 Å². The largest absolute Gasteiger partial charge is 0.481 e. The Morgan fingerprint density at radius 2 is 2.17 bits per heavy atom. The van der Waals surface area contributed by atoms with Crippen molar-refractivity contribution < 1.29 is 19.4 Å². The number of rotatable bonds is 2. The summed E-state index contributed by atoms with van der Waals surface area (Å²) in [6.45, 7) is 1.97. The molecule has 1 N–H and O–H groups in total. The van der Waals surface area contributed by atoms with Crippen LogP contribution in [0.3, 0.4) is 0 Å². The zero-order chi connectivity index (χ0) is 12.9. The van der Waals surface area contributed by atoms with E-state index < -0.39 is 11.4 Å². The average Bonchev–Trinajstić information content (AvgIpc) is 2.71. The van der Waals surface area contributed by atoms with Crippen LogP contribution in [0.5, 0.6) is 11.5 Å². The van der Waals surface area contributed by atoms with E-state index in [1.54, 1.807) is 6.07 Å². The van der Waals surface area contributed by atoms with Gasteiger partial charge in [0.25, 0.3) is 0 Å². The SMILES string of the molecule is Cc1c(C2(C(=O)O)CCC2)cc2c(c1Cl)OCO2. The molecule has 18 heavy (non-hydrogen) atoms. The van der Waals surface area contributed by atoms with Crippen LogP contribution in [0.15, 0.2) is 6.07 Å². The first kappa shape index (κ1) is 11.7. The van der Waals surface area contributed by atoms with E-state index in [1.807, 2.05) is 6.92 Å². The molecule has 1 aromatic rings. The lowest BCUT2D eigenvalue weighted by molar-refractivity contribution is -0.147. The van der Waals surface area contributed by atoms with Crippen molar-refractivity contribution >= 4 is 17.6 Å². The van der Waals surface area contributed by atoms with Gasteiger partial charge >= 0.3 is 5.97 Å². The topological polar surface area (TPSA) is 55.8 Å². The molecule has 1 aliphatic heterocycles. The van der Waals surface area contributed by atoms with Crippen molar-refractivity contribution in [2.75, 3.05) is 6.79 Å². The minimum Gasteiger partial charge on any atom is -0.481 e. The number of hydrogen-bond acceptors (Lipinski definition) is 3. The average molecular weight is 269 g/mol. The Balaban J connectivity index is 2.19. The van der Waals surface area contributed by atoms with Gasteiger partial charge in [-0.15, -0.1) is 0 Å². The van der Waals surface area contributed by atoms with E-state index >= 15 is 0 Å². The van der Waals surface area contributed by atoms with Gasteiger partial charge in [0.15, 0.2) is 11.5 Å². The minimum atomic E-state index is -0.797. The highest BCUT2D eigenvalue weighted by Gasteiger charge is 2.48. The van der Waals surface area contributed by atoms with Gasteiger partial charge < -0.3 is 14.6 Å². The van der Waals surface area contributed by atoms with E-state index in [1.165, 1.54) is 0 Å². The Bertz CT molecular complexity index is 534. The molecule has 3 rings (SSSR count). The Kier molecular flexibility index (Phi) is 2.45. The fourth-order valence-electron chi connectivity index (χ4n) is 2.72. The summed E-state index contributed by atoms with van der Waals surface area (Å²) in [6, 6.07) is 1.77. The molecule has 1 aromatic carbocycles. The van der Waals surface area contributed by atoms with Crippen LogP contribution in [-0.2, 0) is 10.2 Å². The number of halogens is 1. The summed E-state index contributed by atoms with van der Waals surface area (Å²) in [5, 5.41) is 9.95. The molecule has 1 heterocycles. The normalized spacial score (nSPS) is 19.4. The van der Waals surface area contributed by atoms with E-state index in [4.69, 9.17) is 21.1 Å². The lowest BCUT2D eigenvalue weighted by Gasteiger charge is -2.39. The Morgan fingerprint density at radius 3 is 2.72 bits per heavy atom. The highest BCUT2D eigenvalue weighted by atomic mass is 35.5. The predicted octanol–water partition coefficient (Wildman–Crippen LogP) is 2.88.